The Morgan fingerprint density at radius 2 is 2.36 bits per heavy atom. The summed E-state index contributed by atoms with van der Waals surface area (Å²) < 4.78 is 12.8. The maximum atomic E-state index is 12.8. The van der Waals surface area contributed by atoms with Crippen LogP contribution < -0.4 is 0 Å². The Balaban J connectivity index is 2.93. The Kier molecular flexibility index (Phi) is 2.83. The van der Waals surface area contributed by atoms with Gasteiger partial charge in [0.1, 0.15) is 11.0 Å². The van der Waals surface area contributed by atoms with Gasteiger partial charge >= 0.3 is 0 Å². The summed E-state index contributed by atoms with van der Waals surface area (Å²) in [6.07, 6.45) is 2.79. The van der Waals surface area contributed by atoms with Crippen molar-refractivity contribution < 1.29 is 4.39 Å². The van der Waals surface area contributed by atoms with E-state index in [1.54, 1.807) is 6.07 Å². The van der Waals surface area contributed by atoms with Crippen molar-refractivity contribution in [2.24, 2.45) is 0 Å². The van der Waals surface area contributed by atoms with Gasteiger partial charge in [0.15, 0.2) is 0 Å². The molecule has 60 valence electrons. The van der Waals surface area contributed by atoms with Crippen LogP contribution in [-0.2, 0) is 6.42 Å². The highest BCUT2D eigenvalue weighted by atomic mass is 35.5. The summed E-state index contributed by atoms with van der Waals surface area (Å²) >= 11 is 5.57. The summed E-state index contributed by atoms with van der Waals surface area (Å²) in [4.78, 5) is 3.61. The first-order chi connectivity index (χ1) is 5.24. The minimum Gasteiger partial charge on any atom is -0.242 e. The molecular weight excluding hydrogens is 165 g/mol. The average Bonchev–Trinajstić information content (AvgIpc) is 1.98. The van der Waals surface area contributed by atoms with Crippen molar-refractivity contribution in [2.45, 2.75) is 19.8 Å². The summed E-state index contributed by atoms with van der Waals surface area (Å²) in [5, 5.41) is 0.356. The van der Waals surface area contributed by atoms with E-state index in [0.717, 1.165) is 12.6 Å². The van der Waals surface area contributed by atoms with E-state index < -0.39 is 0 Å². The smallest absolute Gasteiger partial charge is 0.144 e. The van der Waals surface area contributed by atoms with Crippen molar-refractivity contribution >= 4 is 11.6 Å². The van der Waals surface area contributed by atoms with Gasteiger partial charge in [0, 0.05) is 0 Å². The quantitative estimate of drug-likeness (QED) is 0.627. The Morgan fingerprint density at radius 1 is 1.64 bits per heavy atom. The Labute approximate surface area is 70.2 Å². The second kappa shape index (κ2) is 3.67. The normalized spacial score (nSPS) is 10.1. The molecule has 1 aromatic heterocycles. The fraction of sp³-hybridized carbons (Fsp3) is 0.375. The summed E-state index contributed by atoms with van der Waals surface area (Å²) in [5.74, 6) is -0.267. The van der Waals surface area contributed by atoms with Crippen LogP contribution in [0.2, 0.25) is 5.15 Å². The molecule has 0 aliphatic rings. The van der Waals surface area contributed by atoms with Crippen molar-refractivity contribution in [3.63, 3.8) is 0 Å². The predicted octanol–water partition coefficient (Wildman–Crippen LogP) is 2.83. The molecule has 11 heavy (non-hydrogen) atoms. The molecule has 0 bridgehead atoms. The maximum Gasteiger partial charge on any atom is 0.144 e. The molecule has 0 N–H and O–H groups in total. The highest BCUT2D eigenvalue weighted by molar-refractivity contribution is 6.29. The van der Waals surface area contributed by atoms with Crippen LogP contribution in [0.1, 0.15) is 18.9 Å². The van der Waals surface area contributed by atoms with E-state index in [1.807, 2.05) is 6.92 Å². The van der Waals surface area contributed by atoms with Crippen LogP contribution in [0.15, 0.2) is 12.3 Å². The van der Waals surface area contributed by atoms with E-state index in [9.17, 15) is 4.39 Å². The van der Waals surface area contributed by atoms with Gasteiger partial charge in [-0.25, -0.2) is 9.37 Å². The van der Waals surface area contributed by atoms with Gasteiger partial charge in [0.05, 0.1) is 6.20 Å². The van der Waals surface area contributed by atoms with Crippen molar-refractivity contribution in [3.05, 3.63) is 28.8 Å². The van der Waals surface area contributed by atoms with Crippen molar-refractivity contribution in [3.8, 4) is 0 Å². The molecule has 0 saturated carbocycles. The topological polar surface area (TPSA) is 12.9 Å². The van der Waals surface area contributed by atoms with E-state index in [-0.39, 0.29) is 5.82 Å². The highest BCUT2D eigenvalue weighted by Gasteiger charge is 2.01. The number of halogens is 2. The average molecular weight is 174 g/mol. The van der Waals surface area contributed by atoms with Gasteiger partial charge in [-0.2, -0.15) is 0 Å². The van der Waals surface area contributed by atoms with E-state index in [2.05, 4.69) is 4.98 Å². The molecule has 0 fully saturated rings. The second-order valence-corrected chi connectivity index (χ2v) is 2.74. The van der Waals surface area contributed by atoms with Gasteiger partial charge < -0.3 is 0 Å². The summed E-state index contributed by atoms with van der Waals surface area (Å²) in [7, 11) is 0. The third kappa shape index (κ3) is 2.15. The van der Waals surface area contributed by atoms with Crippen molar-refractivity contribution in [2.75, 3.05) is 0 Å². The fourth-order valence-corrected chi connectivity index (χ4v) is 1.09. The van der Waals surface area contributed by atoms with Gasteiger partial charge in [0.25, 0.3) is 0 Å². The minimum absolute atomic E-state index is 0.267. The Hall–Kier alpha value is -0.630. The minimum atomic E-state index is -0.267. The number of aryl methyl sites for hydroxylation is 1. The van der Waals surface area contributed by atoms with Crippen LogP contribution in [0.25, 0.3) is 0 Å². The lowest BCUT2D eigenvalue weighted by atomic mass is 10.1. The lowest BCUT2D eigenvalue weighted by molar-refractivity contribution is 0.601. The molecule has 1 nitrogen and oxygen atoms in total. The Morgan fingerprint density at radius 3 is 3.00 bits per heavy atom. The highest BCUT2D eigenvalue weighted by Crippen LogP contribution is 2.12. The van der Waals surface area contributed by atoms with Crippen LogP contribution in [0.3, 0.4) is 0 Å². The van der Waals surface area contributed by atoms with Gasteiger partial charge in [-0.15, -0.1) is 0 Å². The molecular formula is C8H9ClFN. The van der Waals surface area contributed by atoms with E-state index >= 15 is 0 Å². The zero-order valence-electron chi connectivity index (χ0n) is 6.27. The molecule has 0 atom stereocenters. The number of nitrogens with zero attached hydrogens (tertiary/aromatic N) is 1. The third-order valence-electron chi connectivity index (χ3n) is 1.42. The standard InChI is InChI=1S/C8H9ClFN/c1-2-3-6-4-8(9)11-5-7(6)10/h4-5H,2-3H2,1H3. The number of hydrogen-bond donors (Lipinski definition) is 0. The molecule has 1 aromatic rings. The number of rotatable bonds is 2. The summed E-state index contributed by atoms with van der Waals surface area (Å²) in [5.41, 5.74) is 0.646. The SMILES string of the molecule is CCCc1cc(Cl)ncc1F. The monoisotopic (exact) mass is 173 g/mol. The van der Waals surface area contributed by atoms with E-state index in [0.29, 0.717) is 17.1 Å². The molecule has 0 amide bonds. The second-order valence-electron chi connectivity index (χ2n) is 2.35. The summed E-state index contributed by atoms with van der Waals surface area (Å²) in [6, 6.07) is 1.57. The van der Waals surface area contributed by atoms with Gasteiger partial charge in [-0.05, 0) is 18.1 Å². The van der Waals surface area contributed by atoms with Crippen LogP contribution >= 0.6 is 11.6 Å². The van der Waals surface area contributed by atoms with Gasteiger partial charge in [-0.1, -0.05) is 24.9 Å². The molecule has 0 spiro atoms. The third-order valence-corrected chi connectivity index (χ3v) is 1.63. The first-order valence-electron chi connectivity index (χ1n) is 3.54. The first-order valence-corrected chi connectivity index (χ1v) is 3.91. The molecule has 0 aliphatic heterocycles. The van der Waals surface area contributed by atoms with Crippen LogP contribution in [0.4, 0.5) is 4.39 Å². The lowest BCUT2D eigenvalue weighted by Gasteiger charge is -1.99. The fourth-order valence-electron chi connectivity index (χ4n) is 0.912. The first kappa shape index (κ1) is 8.47. The molecule has 0 saturated heterocycles. The molecule has 1 rings (SSSR count). The van der Waals surface area contributed by atoms with Crippen molar-refractivity contribution in [1.29, 1.82) is 0 Å². The zero-order chi connectivity index (χ0) is 8.27. The zero-order valence-corrected chi connectivity index (χ0v) is 7.03. The van der Waals surface area contributed by atoms with Crippen LogP contribution in [0.5, 0.6) is 0 Å². The molecule has 3 heteroatoms. The molecule has 0 aromatic carbocycles. The van der Waals surface area contributed by atoms with Crippen molar-refractivity contribution in [1.82, 2.24) is 4.98 Å². The van der Waals surface area contributed by atoms with Crippen LogP contribution in [0, 0.1) is 5.82 Å². The molecule has 1 heterocycles. The molecule has 0 unspecified atom stereocenters. The Bertz CT molecular complexity index is 250. The van der Waals surface area contributed by atoms with E-state index in [4.69, 9.17) is 11.6 Å². The lowest BCUT2D eigenvalue weighted by Crippen LogP contribution is -1.90. The number of pyridine rings is 1. The van der Waals surface area contributed by atoms with Gasteiger partial charge in [0.2, 0.25) is 0 Å². The number of hydrogen-bond acceptors (Lipinski definition) is 1. The molecule has 0 radical (unpaired) electrons. The molecule has 0 aliphatic carbocycles. The maximum absolute atomic E-state index is 12.8. The van der Waals surface area contributed by atoms with E-state index in [1.165, 1.54) is 0 Å². The van der Waals surface area contributed by atoms with Crippen LogP contribution in [-0.4, -0.2) is 4.98 Å². The predicted molar refractivity (Wildman–Crippen MR) is 43.2 cm³/mol. The largest absolute Gasteiger partial charge is 0.242 e. The summed E-state index contributed by atoms with van der Waals surface area (Å²) in [6.45, 7) is 1.99. The number of aromatic nitrogens is 1. The van der Waals surface area contributed by atoms with Gasteiger partial charge in [-0.3, -0.25) is 0 Å².